The second kappa shape index (κ2) is 7.39. The van der Waals surface area contributed by atoms with Gasteiger partial charge < -0.3 is 5.32 Å². The monoisotopic (exact) mass is 391 g/mol. The summed E-state index contributed by atoms with van der Waals surface area (Å²) in [5, 5.41) is 4.30. The third-order valence-electron chi connectivity index (χ3n) is 4.97. The Bertz CT molecular complexity index is 1020. The molecule has 0 unspecified atom stereocenters. The molecular formula is C19H22ClN3O2S. The van der Waals surface area contributed by atoms with E-state index < -0.39 is 10.0 Å². The number of rotatable bonds is 3. The SMILES string of the molecule is Cc1ccccc1S(=O)(=O)n1cc(C2CCNCC2)c2cccnc21.Cl. The molecule has 0 spiro atoms. The van der Waals surface area contributed by atoms with Crippen LogP contribution in [0.4, 0.5) is 0 Å². The van der Waals surface area contributed by atoms with Crippen LogP contribution in [0.2, 0.25) is 0 Å². The van der Waals surface area contributed by atoms with Crippen LogP contribution in [0.3, 0.4) is 0 Å². The predicted molar refractivity (Wildman–Crippen MR) is 106 cm³/mol. The molecule has 0 saturated carbocycles. The highest BCUT2D eigenvalue weighted by molar-refractivity contribution is 7.90. The van der Waals surface area contributed by atoms with Crippen LogP contribution in [-0.2, 0) is 10.0 Å². The molecule has 0 bridgehead atoms. The second-order valence-corrected chi connectivity index (χ2v) is 8.33. The first kappa shape index (κ1) is 18.9. The van der Waals surface area contributed by atoms with E-state index in [9.17, 15) is 8.42 Å². The minimum absolute atomic E-state index is 0. The number of benzene rings is 1. The molecule has 1 aliphatic rings. The van der Waals surface area contributed by atoms with Gasteiger partial charge in [-0.2, -0.15) is 0 Å². The average molecular weight is 392 g/mol. The Hall–Kier alpha value is -1.89. The predicted octanol–water partition coefficient (Wildman–Crippen LogP) is 3.47. The minimum Gasteiger partial charge on any atom is -0.317 e. The molecule has 3 heterocycles. The Morgan fingerprint density at radius 3 is 2.58 bits per heavy atom. The van der Waals surface area contributed by atoms with Crippen molar-refractivity contribution in [1.82, 2.24) is 14.3 Å². The van der Waals surface area contributed by atoms with Gasteiger partial charge in [0.25, 0.3) is 10.0 Å². The summed E-state index contributed by atoms with van der Waals surface area (Å²) in [5.74, 6) is 0.362. The van der Waals surface area contributed by atoms with Gasteiger partial charge in [-0.15, -0.1) is 12.4 Å². The molecule has 4 rings (SSSR count). The molecule has 1 aromatic carbocycles. The van der Waals surface area contributed by atoms with Crippen LogP contribution < -0.4 is 5.32 Å². The highest BCUT2D eigenvalue weighted by Crippen LogP contribution is 2.34. The molecule has 0 amide bonds. The summed E-state index contributed by atoms with van der Waals surface area (Å²) in [6, 6.07) is 10.9. The van der Waals surface area contributed by atoms with Crippen molar-refractivity contribution >= 4 is 33.5 Å². The molecule has 5 nitrogen and oxygen atoms in total. The molecule has 1 fully saturated rings. The normalized spacial score (nSPS) is 15.7. The number of fused-ring (bicyclic) bond motifs is 1. The maximum Gasteiger partial charge on any atom is 0.269 e. The Labute approximate surface area is 159 Å². The van der Waals surface area contributed by atoms with Crippen molar-refractivity contribution in [2.24, 2.45) is 0 Å². The largest absolute Gasteiger partial charge is 0.317 e. The molecule has 7 heteroatoms. The maximum atomic E-state index is 13.3. The molecule has 0 atom stereocenters. The van der Waals surface area contributed by atoms with Gasteiger partial charge in [0.15, 0.2) is 5.65 Å². The van der Waals surface area contributed by atoms with Gasteiger partial charge in [0.2, 0.25) is 0 Å². The van der Waals surface area contributed by atoms with Crippen molar-refractivity contribution in [3.8, 4) is 0 Å². The van der Waals surface area contributed by atoms with Crippen molar-refractivity contribution in [2.75, 3.05) is 13.1 Å². The molecule has 138 valence electrons. The number of piperidine rings is 1. The van der Waals surface area contributed by atoms with Gasteiger partial charge in [-0.25, -0.2) is 17.4 Å². The van der Waals surface area contributed by atoms with Crippen LogP contribution in [0.15, 0.2) is 53.7 Å². The quantitative estimate of drug-likeness (QED) is 0.742. The second-order valence-electron chi connectivity index (χ2n) is 6.55. The summed E-state index contributed by atoms with van der Waals surface area (Å²) in [7, 11) is -3.68. The first-order chi connectivity index (χ1) is 12.1. The average Bonchev–Trinajstić information content (AvgIpc) is 3.03. The van der Waals surface area contributed by atoms with Crippen molar-refractivity contribution in [3.63, 3.8) is 0 Å². The number of aromatic nitrogens is 2. The summed E-state index contributed by atoms with van der Waals surface area (Å²) in [5.41, 5.74) is 2.34. The minimum atomic E-state index is -3.68. The zero-order chi connectivity index (χ0) is 17.4. The number of nitrogens with one attached hydrogen (secondary N) is 1. The third-order valence-corrected chi connectivity index (χ3v) is 6.78. The van der Waals surface area contributed by atoms with E-state index in [4.69, 9.17) is 0 Å². The summed E-state index contributed by atoms with van der Waals surface area (Å²) in [4.78, 5) is 4.71. The number of aryl methyl sites for hydroxylation is 1. The van der Waals surface area contributed by atoms with Crippen LogP contribution in [0.5, 0.6) is 0 Å². The summed E-state index contributed by atoms with van der Waals surface area (Å²) < 4.78 is 27.9. The van der Waals surface area contributed by atoms with E-state index in [0.29, 0.717) is 16.5 Å². The van der Waals surface area contributed by atoms with E-state index in [-0.39, 0.29) is 12.4 Å². The first-order valence-electron chi connectivity index (χ1n) is 8.57. The number of hydrogen-bond donors (Lipinski definition) is 1. The van der Waals surface area contributed by atoms with E-state index >= 15 is 0 Å². The van der Waals surface area contributed by atoms with E-state index in [1.54, 1.807) is 24.5 Å². The Morgan fingerprint density at radius 2 is 1.85 bits per heavy atom. The lowest BCUT2D eigenvalue weighted by Gasteiger charge is -2.22. The lowest BCUT2D eigenvalue weighted by Crippen LogP contribution is -2.26. The Balaban J connectivity index is 0.00000196. The zero-order valence-corrected chi connectivity index (χ0v) is 16.2. The number of nitrogens with zero attached hydrogens (tertiary/aromatic N) is 2. The van der Waals surface area contributed by atoms with Gasteiger partial charge in [-0.05, 0) is 68.1 Å². The fourth-order valence-electron chi connectivity index (χ4n) is 3.65. The molecule has 1 aliphatic heterocycles. The van der Waals surface area contributed by atoms with E-state index in [1.807, 2.05) is 31.2 Å². The van der Waals surface area contributed by atoms with Crippen LogP contribution in [0.1, 0.15) is 29.9 Å². The first-order valence-corrected chi connectivity index (χ1v) is 10.0. The fraction of sp³-hybridized carbons (Fsp3) is 0.316. The van der Waals surface area contributed by atoms with Crippen LogP contribution in [-0.4, -0.2) is 30.5 Å². The van der Waals surface area contributed by atoms with E-state index in [2.05, 4.69) is 10.3 Å². The lowest BCUT2D eigenvalue weighted by atomic mass is 9.90. The van der Waals surface area contributed by atoms with Gasteiger partial charge >= 0.3 is 0 Å². The van der Waals surface area contributed by atoms with Crippen molar-refractivity contribution in [3.05, 3.63) is 59.9 Å². The third kappa shape index (κ3) is 3.13. The molecule has 0 aliphatic carbocycles. The lowest BCUT2D eigenvalue weighted by molar-refractivity contribution is 0.462. The van der Waals surface area contributed by atoms with E-state index in [1.165, 1.54) is 3.97 Å². The van der Waals surface area contributed by atoms with Gasteiger partial charge in [-0.3, -0.25) is 0 Å². The summed E-state index contributed by atoms with van der Waals surface area (Å²) in [6.07, 6.45) is 5.46. The number of halogens is 1. The topological polar surface area (TPSA) is 64.0 Å². The summed E-state index contributed by atoms with van der Waals surface area (Å²) in [6.45, 7) is 3.74. The highest BCUT2D eigenvalue weighted by atomic mass is 35.5. The van der Waals surface area contributed by atoms with Crippen molar-refractivity contribution in [1.29, 1.82) is 0 Å². The van der Waals surface area contributed by atoms with Crippen LogP contribution >= 0.6 is 12.4 Å². The summed E-state index contributed by atoms with van der Waals surface area (Å²) >= 11 is 0. The van der Waals surface area contributed by atoms with Crippen molar-refractivity contribution in [2.45, 2.75) is 30.6 Å². The highest BCUT2D eigenvalue weighted by Gasteiger charge is 2.26. The standard InChI is InChI=1S/C19H21N3O2S.ClH/c1-14-5-2-3-7-18(14)25(23,24)22-13-17(15-8-11-20-12-9-15)16-6-4-10-21-19(16)22;/h2-7,10,13,15,20H,8-9,11-12H2,1H3;1H. The molecule has 0 radical (unpaired) electrons. The molecule has 3 aromatic rings. The molecular weight excluding hydrogens is 370 g/mol. The number of pyridine rings is 1. The van der Waals surface area contributed by atoms with Crippen molar-refractivity contribution < 1.29 is 8.42 Å². The van der Waals surface area contributed by atoms with E-state index in [0.717, 1.165) is 42.4 Å². The van der Waals surface area contributed by atoms with Crippen LogP contribution in [0.25, 0.3) is 11.0 Å². The number of hydrogen-bond acceptors (Lipinski definition) is 4. The zero-order valence-electron chi connectivity index (χ0n) is 14.6. The Morgan fingerprint density at radius 1 is 1.12 bits per heavy atom. The van der Waals surface area contributed by atoms with Gasteiger partial charge in [-0.1, -0.05) is 18.2 Å². The molecule has 1 saturated heterocycles. The van der Waals surface area contributed by atoms with Gasteiger partial charge in [0.05, 0.1) is 4.90 Å². The Kier molecular flexibility index (Phi) is 5.37. The molecule has 26 heavy (non-hydrogen) atoms. The molecule has 1 N–H and O–H groups in total. The fourth-order valence-corrected chi connectivity index (χ4v) is 5.21. The van der Waals surface area contributed by atoms with Crippen LogP contribution in [0, 0.1) is 6.92 Å². The maximum absolute atomic E-state index is 13.3. The van der Waals surface area contributed by atoms with Gasteiger partial charge in [0.1, 0.15) is 0 Å². The smallest absolute Gasteiger partial charge is 0.269 e. The molecule has 2 aromatic heterocycles. The van der Waals surface area contributed by atoms with Gasteiger partial charge in [0, 0.05) is 17.8 Å².